The first kappa shape index (κ1) is 20.8. The second-order valence-electron chi connectivity index (χ2n) is 5.86. The number of esters is 4. The highest BCUT2D eigenvalue weighted by Gasteiger charge is 2.95. The van der Waals surface area contributed by atoms with Crippen molar-refractivity contribution < 1.29 is 43.0 Å². The topological polar surface area (TPSA) is 148 Å². The summed E-state index contributed by atoms with van der Waals surface area (Å²) in [5, 5.41) is 10.9. The summed E-state index contributed by atoms with van der Waals surface area (Å²) in [5.41, 5.74) is -4.98. The number of carbonyl (C=O) groups excluding carboxylic acids is 4. The van der Waals surface area contributed by atoms with Gasteiger partial charge in [0.15, 0.2) is 0 Å². The molecule has 0 radical (unpaired) electrons. The van der Waals surface area contributed by atoms with Crippen LogP contribution in [0.3, 0.4) is 0 Å². The summed E-state index contributed by atoms with van der Waals surface area (Å²) in [6.07, 6.45) is 0. The maximum atomic E-state index is 12.7. The van der Waals surface area contributed by atoms with Gasteiger partial charge in [0.25, 0.3) is 5.69 Å². The Morgan fingerprint density at radius 3 is 1.36 bits per heavy atom. The number of hydrogen-bond acceptors (Lipinski definition) is 10. The van der Waals surface area contributed by atoms with Gasteiger partial charge in [-0.1, -0.05) is 12.1 Å². The van der Waals surface area contributed by atoms with E-state index in [9.17, 15) is 29.3 Å². The van der Waals surface area contributed by atoms with Crippen molar-refractivity contribution in [1.82, 2.24) is 0 Å². The average molecular weight is 395 g/mol. The fourth-order valence-corrected chi connectivity index (χ4v) is 3.69. The van der Waals surface area contributed by atoms with Gasteiger partial charge in [-0.2, -0.15) is 0 Å². The summed E-state index contributed by atoms with van der Waals surface area (Å²) in [4.78, 5) is 60.9. The number of methoxy groups -OCH3 is 4. The molecule has 0 atom stereocenters. The molecule has 1 aliphatic rings. The van der Waals surface area contributed by atoms with Gasteiger partial charge in [0.05, 0.1) is 33.4 Å². The molecule has 1 aliphatic carbocycles. The maximum absolute atomic E-state index is 12.7. The van der Waals surface area contributed by atoms with Gasteiger partial charge in [-0.25, -0.2) is 0 Å². The van der Waals surface area contributed by atoms with Gasteiger partial charge >= 0.3 is 23.9 Å². The second-order valence-corrected chi connectivity index (χ2v) is 5.86. The molecule has 11 heteroatoms. The van der Waals surface area contributed by atoms with Crippen molar-refractivity contribution in [1.29, 1.82) is 0 Å². The van der Waals surface area contributed by atoms with E-state index < -0.39 is 45.5 Å². The average Bonchev–Trinajstić information content (AvgIpc) is 3.37. The molecule has 0 heterocycles. The lowest BCUT2D eigenvalue weighted by Crippen LogP contribution is -2.42. The van der Waals surface area contributed by atoms with Crippen LogP contribution in [-0.4, -0.2) is 57.2 Å². The summed E-state index contributed by atoms with van der Waals surface area (Å²) in [6.45, 7) is 0. The van der Waals surface area contributed by atoms with Gasteiger partial charge in [-0.05, 0) is 5.56 Å². The van der Waals surface area contributed by atoms with Crippen LogP contribution in [0.2, 0.25) is 0 Å². The minimum atomic E-state index is -2.41. The number of rotatable bonds is 6. The molecule has 0 aliphatic heterocycles. The Bertz CT molecular complexity index is 770. The lowest BCUT2D eigenvalue weighted by molar-refractivity contribution is -0.384. The minimum absolute atomic E-state index is 0.109. The fourth-order valence-electron chi connectivity index (χ4n) is 3.69. The molecule has 1 aromatic rings. The lowest BCUT2D eigenvalue weighted by Gasteiger charge is -2.18. The van der Waals surface area contributed by atoms with Crippen molar-refractivity contribution in [2.24, 2.45) is 10.8 Å². The van der Waals surface area contributed by atoms with Crippen LogP contribution in [-0.2, 0) is 38.1 Å². The highest BCUT2D eigenvalue weighted by Crippen LogP contribution is 2.76. The monoisotopic (exact) mass is 395 g/mol. The maximum Gasteiger partial charge on any atom is 0.325 e. The number of non-ortho nitro benzene ring substituents is 1. The van der Waals surface area contributed by atoms with E-state index in [1.54, 1.807) is 0 Å². The SMILES string of the molecule is COC(=O)C1(C(=O)OC)C(c2ccc([N+](=O)[O-])cc2)C1(C(=O)OC)C(=O)OC. The molecule has 0 bridgehead atoms. The van der Waals surface area contributed by atoms with Gasteiger partial charge in [-0.3, -0.25) is 29.3 Å². The first-order chi connectivity index (χ1) is 13.2. The highest BCUT2D eigenvalue weighted by atomic mass is 16.6. The Labute approximate surface area is 158 Å². The molecule has 0 N–H and O–H groups in total. The molecule has 0 unspecified atom stereocenters. The number of carbonyl (C=O) groups is 4. The molecule has 28 heavy (non-hydrogen) atoms. The van der Waals surface area contributed by atoms with Gasteiger partial charge in [-0.15, -0.1) is 0 Å². The van der Waals surface area contributed by atoms with Gasteiger partial charge in [0.1, 0.15) is 0 Å². The van der Waals surface area contributed by atoms with E-state index in [0.29, 0.717) is 0 Å². The van der Waals surface area contributed by atoms with Gasteiger partial charge in [0.2, 0.25) is 10.8 Å². The zero-order valence-corrected chi connectivity index (χ0v) is 15.4. The Kier molecular flexibility index (Phi) is 5.39. The number of benzene rings is 1. The molecular weight excluding hydrogens is 378 g/mol. The summed E-state index contributed by atoms with van der Waals surface area (Å²) < 4.78 is 18.8. The van der Waals surface area contributed by atoms with E-state index in [1.807, 2.05) is 0 Å². The van der Waals surface area contributed by atoms with E-state index in [4.69, 9.17) is 18.9 Å². The van der Waals surface area contributed by atoms with Gasteiger partial charge in [0, 0.05) is 18.1 Å². The summed E-state index contributed by atoms with van der Waals surface area (Å²) in [7, 11) is 3.88. The largest absolute Gasteiger partial charge is 0.468 e. The molecule has 1 aromatic carbocycles. The number of nitro benzene ring substituents is 1. The number of hydrogen-bond donors (Lipinski definition) is 0. The van der Waals surface area contributed by atoms with E-state index >= 15 is 0 Å². The van der Waals surface area contributed by atoms with Crippen LogP contribution in [0.25, 0.3) is 0 Å². The van der Waals surface area contributed by atoms with Crippen LogP contribution < -0.4 is 0 Å². The molecule has 0 amide bonds. The third-order valence-corrected chi connectivity index (χ3v) is 4.87. The van der Waals surface area contributed by atoms with Crippen LogP contribution in [0.15, 0.2) is 24.3 Å². The third-order valence-electron chi connectivity index (χ3n) is 4.87. The van der Waals surface area contributed by atoms with Crippen molar-refractivity contribution >= 4 is 29.6 Å². The summed E-state index contributed by atoms with van der Waals surface area (Å²) in [5.74, 6) is -6.25. The van der Waals surface area contributed by atoms with Crippen molar-refractivity contribution in [3.63, 3.8) is 0 Å². The van der Waals surface area contributed by atoms with E-state index in [2.05, 4.69) is 0 Å². The zero-order chi connectivity index (χ0) is 21.3. The molecule has 0 saturated heterocycles. The molecule has 1 fully saturated rings. The smallest absolute Gasteiger partial charge is 0.325 e. The van der Waals surface area contributed by atoms with Crippen molar-refractivity contribution in [2.75, 3.05) is 28.4 Å². The van der Waals surface area contributed by atoms with Crippen molar-refractivity contribution in [3.8, 4) is 0 Å². The number of ether oxygens (including phenoxy) is 4. The van der Waals surface area contributed by atoms with Crippen LogP contribution in [0.1, 0.15) is 11.5 Å². The van der Waals surface area contributed by atoms with Crippen LogP contribution in [0, 0.1) is 20.9 Å². The highest BCUT2D eigenvalue weighted by molar-refractivity contribution is 6.23. The molecule has 0 aromatic heterocycles. The number of nitrogens with zero attached hydrogens (tertiary/aromatic N) is 1. The normalized spacial score (nSPS) is 16.4. The molecule has 11 nitrogen and oxygen atoms in total. The molecule has 0 spiro atoms. The van der Waals surface area contributed by atoms with E-state index in [1.165, 1.54) is 12.1 Å². The van der Waals surface area contributed by atoms with Crippen LogP contribution >= 0.6 is 0 Å². The molecular formula is C17H17NO10. The lowest BCUT2D eigenvalue weighted by atomic mass is 9.92. The predicted octanol–water partition coefficient (Wildman–Crippen LogP) is 0.357. The zero-order valence-electron chi connectivity index (χ0n) is 15.4. The Balaban J connectivity index is 2.82. The van der Waals surface area contributed by atoms with Crippen molar-refractivity contribution in [2.45, 2.75) is 5.92 Å². The van der Waals surface area contributed by atoms with Crippen molar-refractivity contribution in [3.05, 3.63) is 39.9 Å². The summed E-state index contributed by atoms with van der Waals surface area (Å²) in [6, 6.07) is 4.65. The molecule has 1 saturated carbocycles. The minimum Gasteiger partial charge on any atom is -0.468 e. The Morgan fingerprint density at radius 1 is 0.786 bits per heavy atom. The van der Waals surface area contributed by atoms with Gasteiger partial charge < -0.3 is 18.9 Å². The fraction of sp³-hybridized carbons (Fsp3) is 0.412. The van der Waals surface area contributed by atoms with Crippen LogP contribution in [0.4, 0.5) is 5.69 Å². The van der Waals surface area contributed by atoms with E-state index in [-0.39, 0.29) is 11.3 Å². The molecule has 150 valence electrons. The Hall–Kier alpha value is -3.50. The van der Waals surface area contributed by atoms with Crippen LogP contribution in [0.5, 0.6) is 0 Å². The molecule has 2 rings (SSSR count). The third kappa shape index (κ3) is 2.42. The Morgan fingerprint density at radius 2 is 1.11 bits per heavy atom. The second kappa shape index (κ2) is 7.25. The first-order valence-corrected chi connectivity index (χ1v) is 7.79. The predicted molar refractivity (Wildman–Crippen MR) is 88.8 cm³/mol. The van der Waals surface area contributed by atoms with E-state index in [0.717, 1.165) is 40.6 Å². The summed E-state index contributed by atoms with van der Waals surface area (Å²) >= 11 is 0. The number of nitro groups is 1. The quantitative estimate of drug-likeness (QED) is 0.217. The standard InChI is InChI=1S/C17H17NO10/c1-25-12(19)16(13(20)26-2)11(9-5-7-10(8-6-9)18(23)24)17(16,14(21)27-3)15(22)28-4/h5-8,11H,1-4H3. The first-order valence-electron chi connectivity index (χ1n) is 7.79.